The van der Waals surface area contributed by atoms with Crippen LogP contribution in [0.3, 0.4) is 0 Å². The van der Waals surface area contributed by atoms with Crippen LogP contribution in [0.2, 0.25) is 0 Å². The van der Waals surface area contributed by atoms with E-state index in [0.29, 0.717) is 6.04 Å². The van der Waals surface area contributed by atoms with Crippen LogP contribution in [-0.4, -0.2) is 6.54 Å². The van der Waals surface area contributed by atoms with Crippen molar-refractivity contribution >= 4 is 22.7 Å². The number of thiophene rings is 2. The second kappa shape index (κ2) is 6.69. The maximum atomic E-state index is 3.78. The van der Waals surface area contributed by atoms with Crippen LogP contribution >= 0.6 is 22.7 Å². The molecule has 1 aliphatic carbocycles. The molecule has 0 bridgehead atoms. The average molecular weight is 291 g/mol. The fraction of sp³-hybridized carbons (Fsp3) is 0.500. The van der Waals surface area contributed by atoms with Gasteiger partial charge in [0.25, 0.3) is 0 Å². The highest BCUT2D eigenvalue weighted by molar-refractivity contribution is 7.10. The molecule has 0 radical (unpaired) electrons. The van der Waals surface area contributed by atoms with Crippen LogP contribution in [0, 0.1) is 5.92 Å². The molecule has 0 saturated heterocycles. The molecule has 102 valence electrons. The maximum Gasteiger partial charge on any atom is 0.0463 e. The molecule has 0 aliphatic heterocycles. The first-order chi connectivity index (χ1) is 9.42. The van der Waals surface area contributed by atoms with Gasteiger partial charge in [-0.3, -0.25) is 0 Å². The second-order valence-electron chi connectivity index (χ2n) is 5.39. The summed E-state index contributed by atoms with van der Waals surface area (Å²) in [5, 5.41) is 8.14. The molecular formula is C16H21NS2. The van der Waals surface area contributed by atoms with Crippen LogP contribution in [0.25, 0.3) is 0 Å². The van der Waals surface area contributed by atoms with Gasteiger partial charge < -0.3 is 5.32 Å². The van der Waals surface area contributed by atoms with Crippen molar-refractivity contribution < 1.29 is 0 Å². The average Bonchev–Trinajstić information content (AvgIpc) is 3.02. The van der Waals surface area contributed by atoms with Gasteiger partial charge in [0, 0.05) is 22.2 Å². The van der Waals surface area contributed by atoms with E-state index < -0.39 is 0 Å². The van der Waals surface area contributed by atoms with E-state index in [0.717, 1.165) is 12.3 Å². The standard InChI is InChI=1S/C16H21NS2/c1-4-13(5-1)8-9-17-15(16-7-3-11-19-16)12-14-6-2-10-18-14/h2-3,6-7,10-11,13,15,17H,1,4-5,8-9,12H2. The van der Waals surface area contributed by atoms with Gasteiger partial charge >= 0.3 is 0 Å². The molecular weight excluding hydrogens is 270 g/mol. The Hall–Kier alpha value is -0.640. The lowest BCUT2D eigenvalue weighted by Crippen LogP contribution is -2.26. The molecule has 1 saturated carbocycles. The van der Waals surface area contributed by atoms with E-state index in [1.54, 1.807) is 0 Å². The van der Waals surface area contributed by atoms with Gasteiger partial charge in [-0.2, -0.15) is 0 Å². The molecule has 3 rings (SSSR count). The van der Waals surface area contributed by atoms with E-state index in [-0.39, 0.29) is 0 Å². The van der Waals surface area contributed by atoms with Crippen LogP contribution in [0.4, 0.5) is 0 Å². The van der Waals surface area contributed by atoms with Crippen LogP contribution < -0.4 is 5.32 Å². The highest BCUT2D eigenvalue weighted by atomic mass is 32.1. The van der Waals surface area contributed by atoms with Crippen molar-refractivity contribution in [1.82, 2.24) is 5.32 Å². The van der Waals surface area contributed by atoms with Crippen LogP contribution in [0.15, 0.2) is 35.0 Å². The number of hydrogen-bond acceptors (Lipinski definition) is 3. The van der Waals surface area contributed by atoms with Gasteiger partial charge in [0.2, 0.25) is 0 Å². The minimum atomic E-state index is 0.499. The van der Waals surface area contributed by atoms with Crippen molar-refractivity contribution in [2.75, 3.05) is 6.54 Å². The summed E-state index contributed by atoms with van der Waals surface area (Å²) in [4.78, 5) is 2.96. The minimum absolute atomic E-state index is 0.499. The van der Waals surface area contributed by atoms with Gasteiger partial charge in [-0.05, 0) is 41.8 Å². The van der Waals surface area contributed by atoms with Gasteiger partial charge in [-0.15, -0.1) is 22.7 Å². The summed E-state index contributed by atoms with van der Waals surface area (Å²) >= 11 is 3.74. The third kappa shape index (κ3) is 3.68. The summed E-state index contributed by atoms with van der Waals surface area (Å²) in [5.41, 5.74) is 0. The Balaban J connectivity index is 1.56. The molecule has 1 aliphatic rings. The molecule has 3 heteroatoms. The van der Waals surface area contributed by atoms with E-state index in [4.69, 9.17) is 0 Å². The van der Waals surface area contributed by atoms with Gasteiger partial charge in [0.05, 0.1) is 0 Å². The third-order valence-corrected chi connectivity index (χ3v) is 5.92. The summed E-state index contributed by atoms with van der Waals surface area (Å²) < 4.78 is 0. The zero-order valence-corrected chi connectivity index (χ0v) is 12.8. The van der Waals surface area contributed by atoms with Crippen molar-refractivity contribution in [2.24, 2.45) is 5.92 Å². The molecule has 0 aromatic carbocycles. The predicted molar refractivity (Wildman–Crippen MR) is 85.0 cm³/mol. The summed E-state index contributed by atoms with van der Waals surface area (Å²) in [6, 6.07) is 9.33. The number of nitrogens with one attached hydrogen (secondary N) is 1. The molecule has 1 nitrogen and oxygen atoms in total. The Morgan fingerprint density at radius 3 is 2.63 bits per heavy atom. The Kier molecular flexibility index (Phi) is 4.70. The molecule has 2 aromatic rings. The van der Waals surface area contributed by atoms with E-state index in [9.17, 15) is 0 Å². The fourth-order valence-corrected chi connectivity index (χ4v) is 4.19. The van der Waals surface area contributed by atoms with Crippen molar-refractivity contribution in [1.29, 1.82) is 0 Å². The highest BCUT2D eigenvalue weighted by Crippen LogP contribution is 2.30. The fourth-order valence-electron chi connectivity index (χ4n) is 2.64. The quantitative estimate of drug-likeness (QED) is 0.767. The summed E-state index contributed by atoms with van der Waals surface area (Å²) in [7, 11) is 0. The Labute approximate surface area is 123 Å². The smallest absolute Gasteiger partial charge is 0.0463 e. The van der Waals surface area contributed by atoms with Gasteiger partial charge in [0.1, 0.15) is 0 Å². The zero-order chi connectivity index (χ0) is 12.9. The molecule has 2 heterocycles. The Morgan fingerprint density at radius 1 is 1.16 bits per heavy atom. The summed E-state index contributed by atoms with van der Waals surface area (Å²) in [6.45, 7) is 1.17. The second-order valence-corrected chi connectivity index (χ2v) is 7.40. The minimum Gasteiger partial charge on any atom is -0.309 e. The first kappa shape index (κ1) is 13.3. The van der Waals surface area contributed by atoms with Crippen molar-refractivity contribution in [3.8, 4) is 0 Å². The molecule has 1 atom stereocenters. The largest absolute Gasteiger partial charge is 0.309 e. The lowest BCUT2D eigenvalue weighted by molar-refractivity contribution is 0.287. The summed E-state index contributed by atoms with van der Waals surface area (Å²) in [5.74, 6) is 0.998. The lowest BCUT2D eigenvalue weighted by Gasteiger charge is -2.26. The van der Waals surface area contributed by atoms with E-state index in [1.165, 1.54) is 42.0 Å². The van der Waals surface area contributed by atoms with Crippen molar-refractivity contribution in [3.63, 3.8) is 0 Å². The van der Waals surface area contributed by atoms with Crippen LogP contribution in [-0.2, 0) is 6.42 Å². The topological polar surface area (TPSA) is 12.0 Å². The molecule has 1 N–H and O–H groups in total. The molecule has 1 unspecified atom stereocenters. The molecule has 2 aromatic heterocycles. The SMILES string of the molecule is c1csc(CC(NCCC2CCC2)c2cccs2)c1. The number of hydrogen-bond donors (Lipinski definition) is 1. The highest BCUT2D eigenvalue weighted by Gasteiger charge is 2.18. The third-order valence-electron chi connectivity index (χ3n) is 4.04. The predicted octanol–water partition coefficient (Wildman–Crippen LogP) is 4.87. The maximum absolute atomic E-state index is 3.78. The van der Waals surface area contributed by atoms with E-state index in [1.807, 2.05) is 22.7 Å². The Morgan fingerprint density at radius 2 is 2.00 bits per heavy atom. The molecule has 0 amide bonds. The van der Waals surface area contributed by atoms with E-state index in [2.05, 4.69) is 40.3 Å². The molecule has 19 heavy (non-hydrogen) atoms. The lowest BCUT2D eigenvalue weighted by atomic mass is 9.83. The first-order valence-corrected chi connectivity index (χ1v) is 8.97. The molecule has 0 spiro atoms. The van der Waals surface area contributed by atoms with Gasteiger partial charge in [-0.1, -0.05) is 31.4 Å². The molecule has 1 fully saturated rings. The zero-order valence-electron chi connectivity index (χ0n) is 11.2. The number of rotatable bonds is 7. The monoisotopic (exact) mass is 291 g/mol. The van der Waals surface area contributed by atoms with Crippen molar-refractivity contribution in [3.05, 3.63) is 44.8 Å². The van der Waals surface area contributed by atoms with Gasteiger partial charge in [-0.25, -0.2) is 0 Å². The van der Waals surface area contributed by atoms with Crippen LogP contribution in [0.1, 0.15) is 41.5 Å². The van der Waals surface area contributed by atoms with Crippen LogP contribution in [0.5, 0.6) is 0 Å². The van der Waals surface area contributed by atoms with Gasteiger partial charge in [0.15, 0.2) is 0 Å². The van der Waals surface area contributed by atoms with E-state index >= 15 is 0 Å². The van der Waals surface area contributed by atoms with Crippen molar-refractivity contribution in [2.45, 2.75) is 38.1 Å². The Bertz CT molecular complexity index is 457. The first-order valence-electron chi connectivity index (χ1n) is 7.21. The summed E-state index contributed by atoms with van der Waals surface area (Å²) in [6.07, 6.45) is 6.84. The normalized spacial score (nSPS) is 17.3.